The first kappa shape index (κ1) is 14.3. The number of hydrogen-bond donors (Lipinski definition) is 2. The fraction of sp³-hybridized carbons (Fsp3) is 0.312. The minimum absolute atomic E-state index is 0.329. The number of nitrogen functional groups attached to an aromatic ring is 1. The highest BCUT2D eigenvalue weighted by molar-refractivity contribution is 5.44. The zero-order valence-corrected chi connectivity index (χ0v) is 12.0. The number of hydrogen-bond acceptors (Lipinski definition) is 4. The van der Waals surface area contributed by atoms with Gasteiger partial charge < -0.3 is 15.8 Å². The molecule has 0 aliphatic rings. The van der Waals surface area contributed by atoms with Crippen LogP contribution in [0.5, 0.6) is 5.75 Å². The number of nitrogens with two attached hydrogens (primary N) is 1. The van der Waals surface area contributed by atoms with Crippen LogP contribution in [-0.2, 0) is 12.8 Å². The fourth-order valence-corrected chi connectivity index (χ4v) is 2.20. The maximum Gasteiger partial charge on any atom is 0.118 e. The molecule has 0 aliphatic heterocycles. The van der Waals surface area contributed by atoms with Gasteiger partial charge in [0, 0.05) is 24.1 Å². The molecule has 0 aliphatic carbocycles. The molecule has 4 nitrogen and oxygen atoms in total. The highest BCUT2D eigenvalue weighted by Crippen LogP contribution is 2.16. The molecule has 0 fully saturated rings. The zero-order chi connectivity index (χ0) is 14.4. The summed E-state index contributed by atoms with van der Waals surface area (Å²) in [5.74, 6) is 0.881. The summed E-state index contributed by atoms with van der Waals surface area (Å²) in [6.07, 6.45) is 5.36. The van der Waals surface area contributed by atoms with Gasteiger partial charge in [0.05, 0.1) is 7.11 Å². The van der Waals surface area contributed by atoms with Gasteiger partial charge in [-0.05, 0) is 49.2 Å². The average molecular weight is 271 g/mol. The van der Waals surface area contributed by atoms with Gasteiger partial charge in [-0.25, -0.2) is 0 Å². The van der Waals surface area contributed by atoms with E-state index < -0.39 is 0 Å². The minimum atomic E-state index is 0.329. The summed E-state index contributed by atoms with van der Waals surface area (Å²) >= 11 is 0. The summed E-state index contributed by atoms with van der Waals surface area (Å²) in [5.41, 5.74) is 9.13. The van der Waals surface area contributed by atoms with Gasteiger partial charge in [-0.3, -0.25) is 4.98 Å². The van der Waals surface area contributed by atoms with Crippen molar-refractivity contribution in [1.82, 2.24) is 10.3 Å². The first-order chi connectivity index (χ1) is 9.72. The Morgan fingerprint density at radius 3 is 2.55 bits per heavy atom. The van der Waals surface area contributed by atoms with Crippen LogP contribution in [0.4, 0.5) is 5.69 Å². The molecule has 20 heavy (non-hydrogen) atoms. The van der Waals surface area contributed by atoms with Crippen molar-refractivity contribution in [3.05, 3.63) is 53.9 Å². The van der Waals surface area contributed by atoms with Crippen LogP contribution in [0, 0.1) is 0 Å². The maximum atomic E-state index is 5.97. The molecular weight excluding hydrogens is 250 g/mol. The Balaban J connectivity index is 2.03. The van der Waals surface area contributed by atoms with Crippen molar-refractivity contribution in [2.75, 3.05) is 19.9 Å². The van der Waals surface area contributed by atoms with Gasteiger partial charge in [0.15, 0.2) is 0 Å². The second-order valence-corrected chi connectivity index (χ2v) is 4.82. The van der Waals surface area contributed by atoms with Crippen molar-refractivity contribution in [1.29, 1.82) is 0 Å². The van der Waals surface area contributed by atoms with E-state index in [1.54, 1.807) is 13.3 Å². The predicted molar refractivity (Wildman–Crippen MR) is 81.9 cm³/mol. The van der Waals surface area contributed by atoms with Gasteiger partial charge >= 0.3 is 0 Å². The Bertz CT molecular complexity index is 540. The van der Waals surface area contributed by atoms with E-state index in [1.165, 1.54) is 5.56 Å². The number of rotatable bonds is 6. The zero-order valence-electron chi connectivity index (χ0n) is 12.0. The molecule has 1 aromatic heterocycles. The summed E-state index contributed by atoms with van der Waals surface area (Å²) in [6.45, 7) is 0. The van der Waals surface area contributed by atoms with Gasteiger partial charge in [-0.1, -0.05) is 12.1 Å². The number of anilines is 1. The van der Waals surface area contributed by atoms with Crippen molar-refractivity contribution >= 4 is 5.69 Å². The second kappa shape index (κ2) is 6.91. The topological polar surface area (TPSA) is 60.2 Å². The third kappa shape index (κ3) is 3.71. The third-order valence-electron chi connectivity index (χ3n) is 3.46. The summed E-state index contributed by atoms with van der Waals surface area (Å²) in [6, 6.07) is 10.3. The van der Waals surface area contributed by atoms with Gasteiger partial charge in [0.25, 0.3) is 0 Å². The summed E-state index contributed by atoms with van der Waals surface area (Å²) in [5, 5.41) is 3.34. The molecule has 3 N–H and O–H groups in total. The Kier molecular flexibility index (Phi) is 4.96. The highest BCUT2D eigenvalue weighted by atomic mass is 16.5. The molecule has 4 heteroatoms. The van der Waals surface area contributed by atoms with E-state index in [4.69, 9.17) is 10.5 Å². The van der Waals surface area contributed by atoms with E-state index in [0.29, 0.717) is 6.04 Å². The van der Waals surface area contributed by atoms with Crippen molar-refractivity contribution in [2.45, 2.75) is 18.9 Å². The molecule has 106 valence electrons. The van der Waals surface area contributed by atoms with E-state index in [1.807, 2.05) is 31.4 Å². The lowest BCUT2D eigenvalue weighted by Crippen LogP contribution is -2.30. The van der Waals surface area contributed by atoms with E-state index in [0.717, 1.165) is 29.8 Å². The largest absolute Gasteiger partial charge is 0.497 e. The molecule has 1 unspecified atom stereocenters. The van der Waals surface area contributed by atoms with E-state index in [-0.39, 0.29) is 0 Å². The number of nitrogens with zero attached hydrogens (tertiary/aromatic N) is 1. The summed E-state index contributed by atoms with van der Waals surface area (Å²) in [7, 11) is 3.65. The summed E-state index contributed by atoms with van der Waals surface area (Å²) < 4.78 is 5.17. The SMILES string of the molecule is CNC(Cc1ccc(OC)cc1)Cc1cnccc1N. The molecule has 0 spiro atoms. The molecule has 1 aromatic carbocycles. The lowest BCUT2D eigenvalue weighted by Gasteiger charge is -2.17. The average Bonchev–Trinajstić information content (AvgIpc) is 2.49. The van der Waals surface area contributed by atoms with Crippen LogP contribution in [0.3, 0.4) is 0 Å². The molecule has 0 saturated heterocycles. The lowest BCUT2D eigenvalue weighted by molar-refractivity contribution is 0.414. The van der Waals surface area contributed by atoms with Crippen LogP contribution in [0.25, 0.3) is 0 Å². The van der Waals surface area contributed by atoms with Gasteiger partial charge in [-0.2, -0.15) is 0 Å². The van der Waals surface area contributed by atoms with E-state index in [2.05, 4.69) is 22.4 Å². The Morgan fingerprint density at radius 2 is 1.95 bits per heavy atom. The smallest absolute Gasteiger partial charge is 0.118 e. The molecule has 1 atom stereocenters. The number of aromatic nitrogens is 1. The fourth-order valence-electron chi connectivity index (χ4n) is 2.20. The molecule has 0 saturated carbocycles. The lowest BCUT2D eigenvalue weighted by atomic mass is 9.99. The molecular formula is C16H21N3O. The van der Waals surface area contributed by atoms with E-state index >= 15 is 0 Å². The van der Waals surface area contributed by atoms with Crippen LogP contribution in [-0.4, -0.2) is 25.2 Å². The number of methoxy groups -OCH3 is 1. The first-order valence-electron chi connectivity index (χ1n) is 6.71. The predicted octanol–water partition coefficient (Wildman–Crippen LogP) is 2.05. The first-order valence-corrected chi connectivity index (χ1v) is 6.71. The van der Waals surface area contributed by atoms with Crippen molar-refractivity contribution in [3.63, 3.8) is 0 Å². The third-order valence-corrected chi connectivity index (χ3v) is 3.46. The summed E-state index contributed by atoms with van der Waals surface area (Å²) in [4.78, 5) is 4.14. The van der Waals surface area contributed by atoms with Crippen LogP contribution >= 0.6 is 0 Å². The van der Waals surface area contributed by atoms with Gasteiger partial charge in [-0.15, -0.1) is 0 Å². The molecule has 0 bridgehead atoms. The quantitative estimate of drug-likeness (QED) is 0.844. The Hall–Kier alpha value is -2.07. The van der Waals surface area contributed by atoms with Crippen LogP contribution < -0.4 is 15.8 Å². The van der Waals surface area contributed by atoms with E-state index in [9.17, 15) is 0 Å². The number of pyridine rings is 1. The maximum absolute atomic E-state index is 5.97. The van der Waals surface area contributed by atoms with Crippen molar-refractivity contribution < 1.29 is 4.74 Å². The minimum Gasteiger partial charge on any atom is -0.497 e. The van der Waals surface area contributed by atoms with Crippen LogP contribution in [0.15, 0.2) is 42.7 Å². The van der Waals surface area contributed by atoms with Crippen LogP contribution in [0.1, 0.15) is 11.1 Å². The second-order valence-electron chi connectivity index (χ2n) is 4.82. The van der Waals surface area contributed by atoms with Crippen molar-refractivity contribution in [3.8, 4) is 5.75 Å². The molecule has 2 rings (SSSR count). The Morgan fingerprint density at radius 1 is 1.20 bits per heavy atom. The van der Waals surface area contributed by atoms with Gasteiger partial charge in [0.2, 0.25) is 0 Å². The standard InChI is InChI=1S/C16H21N3O/c1-18-14(10-13-11-19-8-7-16(13)17)9-12-3-5-15(20-2)6-4-12/h3-8,11,14,18H,9-10H2,1-2H3,(H2,17,19). The molecule has 1 heterocycles. The molecule has 0 radical (unpaired) electrons. The van der Waals surface area contributed by atoms with Gasteiger partial charge in [0.1, 0.15) is 5.75 Å². The van der Waals surface area contributed by atoms with Crippen LogP contribution in [0.2, 0.25) is 0 Å². The normalized spacial score (nSPS) is 12.1. The number of likely N-dealkylation sites (N-methyl/N-ethyl adjacent to an activating group) is 1. The molecule has 2 aromatic rings. The number of nitrogens with one attached hydrogen (secondary N) is 1. The highest BCUT2D eigenvalue weighted by Gasteiger charge is 2.10. The molecule has 0 amide bonds. The number of benzene rings is 1. The Labute approximate surface area is 120 Å². The number of ether oxygens (including phenoxy) is 1. The van der Waals surface area contributed by atoms with Crippen molar-refractivity contribution in [2.24, 2.45) is 0 Å². The monoisotopic (exact) mass is 271 g/mol.